The second-order valence-electron chi connectivity index (χ2n) is 5.33. The highest BCUT2D eigenvalue weighted by atomic mass is 16.5. The van der Waals surface area contributed by atoms with Crippen LogP contribution in [-0.4, -0.2) is 19.8 Å². The molecule has 0 amide bonds. The molecule has 1 saturated heterocycles. The molecule has 1 aliphatic rings. The third-order valence-electron chi connectivity index (χ3n) is 4.11. The lowest BCUT2D eigenvalue weighted by molar-refractivity contribution is 0.000270. The highest BCUT2D eigenvalue weighted by Gasteiger charge is 2.24. The fourth-order valence-corrected chi connectivity index (χ4v) is 3.01. The van der Waals surface area contributed by atoms with Crippen LogP contribution in [0.4, 0.5) is 0 Å². The quantitative estimate of drug-likeness (QED) is 0.930. The Kier molecular flexibility index (Phi) is 3.90. The van der Waals surface area contributed by atoms with E-state index in [1.807, 2.05) is 18.2 Å². The molecule has 2 atom stereocenters. The van der Waals surface area contributed by atoms with Gasteiger partial charge < -0.3 is 15.2 Å². The average Bonchev–Trinajstić information content (AvgIpc) is 2.54. The molecule has 0 spiro atoms. The van der Waals surface area contributed by atoms with Crippen LogP contribution in [0.15, 0.2) is 36.4 Å². The third-order valence-corrected chi connectivity index (χ3v) is 4.11. The maximum atomic E-state index is 6.46. The van der Waals surface area contributed by atoms with Crippen LogP contribution in [0.25, 0.3) is 10.8 Å². The van der Waals surface area contributed by atoms with E-state index < -0.39 is 0 Å². The number of ether oxygens (including phenoxy) is 2. The number of hydrogen-bond donors (Lipinski definition) is 1. The van der Waals surface area contributed by atoms with E-state index in [1.165, 1.54) is 6.42 Å². The van der Waals surface area contributed by atoms with Crippen molar-refractivity contribution in [1.82, 2.24) is 0 Å². The molecule has 1 aliphatic heterocycles. The molecule has 0 saturated carbocycles. The molecule has 1 heterocycles. The topological polar surface area (TPSA) is 44.5 Å². The van der Waals surface area contributed by atoms with Crippen LogP contribution in [0.2, 0.25) is 0 Å². The molecule has 3 rings (SSSR count). The van der Waals surface area contributed by atoms with E-state index in [2.05, 4.69) is 18.2 Å². The number of fused-ring (bicyclic) bond motifs is 1. The Morgan fingerprint density at radius 2 is 1.95 bits per heavy atom. The van der Waals surface area contributed by atoms with Crippen LogP contribution >= 0.6 is 0 Å². The van der Waals surface area contributed by atoms with Crippen molar-refractivity contribution in [2.24, 2.45) is 5.73 Å². The van der Waals surface area contributed by atoms with Gasteiger partial charge in [-0.3, -0.25) is 0 Å². The Morgan fingerprint density at radius 1 is 1.15 bits per heavy atom. The molecule has 2 aromatic rings. The molecular formula is C17H21NO2. The highest BCUT2D eigenvalue weighted by molar-refractivity contribution is 5.91. The van der Waals surface area contributed by atoms with Crippen LogP contribution < -0.4 is 10.5 Å². The summed E-state index contributed by atoms with van der Waals surface area (Å²) in [6.07, 6.45) is 3.51. The van der Waals surface area contributed by atoms with Gasteiger partial charge in [0.1, 0.15) is 5.75 Å². The summed E-state index contributed by atoms with van der Waals surface area (Å²) in [5.74, 6) is 0.890. The summed E-state index contributed by atoms with van der Waals surface area (Å²) >= 11 is 0. The van der Waals surface area contributed by atoms with Crippen molar-refractivity contribution < 1.29 is 9.47 Å². The molecule has 0 aromatic heterocycles. The average molecular weight is 271 g/mol. The fraction of sp³-hybridized carbons (Fsp3) is 0.412. The van der Waals surface area contributed by atoms with Crippen LogP contribution in [-0.2, 0) is 4.74 Å². The molecule has 1 fully saturated rings. The summed E-state index contributed by atoms with van der Waals surface area (Å²) in [5.41, 5.74) is 7.61. The number of benzene rings is 2. The second-order valence-corrected chi connectivity index (χ2v) is 5.33. The predicted molar refractivity (Wildman–Crippen MR) is 81.0 cm³/mol. The number of hydrogen-bond acceptors (Lipinski definition) is 3. The zero-order valence-electron chi connectivity index (χ0n) is 11.8. The molecule has 106 valence electrons. The number of nitrogens with two attached hydrogens (primary N) is 1. The van der Waals surface area contributed by atoms with Gasteiger partial charge in [0.2, 0.25) is 0 Å². The monoisotopic (exact) mass is 271 g/mol. The first-order valence-electron chi connectivity index (χ1n) is 7.24. The van der Waals surface area contributed by atoms with Crippen molar-refractivity contribution in [2.75, 3.05) is 13.7 Å². The van der Waals surface area contributed by atoms with Crippen LogP contribution in [0.5, 0.6) is 5.75 Å². The summed E-state index contributed by atoms with van der Waals surface area (Å²) in [6.45, 7) is 0.826. The highest BCUT2D eigenvalue weighted by Crippen LogP contribution is 2.34. The Labute approximate surface area is 119 Å². The molecule has 0 aliphatic carbocycles. The van der Waals surface area contributed by atoms with E-state index in [9.17, 15) is 0 Å². The van der Waals surface area contributed by atoms with Gasteiger partial charge in [-0.25, -0.2) is 0 Å². The van der Waals surface area contributed by atoms with Gasteiger partial charge in [-0.2, -0.15) is 0 Å². The summed E-state index contributed by atoms with van der Waals surface area (Å²) in [4.78, 5) is 0. The van der Waals surface area contributed by atoms with Crippen molar-refractivity contribution in [3.63, 3.8) is 0 Å². The normalized spacial score (nSPS) is 20.8. The van der Waals surface area contributed by atoms with Crippen molar-refractivity contribution in [2.45, 2.75) is 31.4 Å². The molecular weight excluding hydrogens is 250 g/mol. The summed E-state index contributed by atoms with van der Waals surface area (Å²) in [5, 5.41) is 2.27. The lowest BCUT2D eigenvalue weighted by atomic mass is 9.92. The van der Waals surface area contributed by atoms with Gasteiger partial charge in [-0.15, -0.1) is 0 Å². The Morgan fingerprint density at radius 3 is 2.65 bits per heavy atom. The lowest BCUT2D eigenvalue weighted by Gasteiger charge is -2.29. The van der Waals surface area contributed by atoms with Gasteiger partial charge in [0, 0.05) is 12.0 Å². The van der Waals surface area contributed by atoms with Crippen LogP contribution in [0, 0.1) is 0 Å². The number of methoxy groups -OCH3 is 1. The smallest absolute Gasteiger partial charge is 0.126 e. The summed E-state index contributed by atoms with van der Waals surface area (Å²) in [7, 11) is 1.70. The van der Waals surface area contributed by atoms with Gasteiger partial charge in [-0.1, -0.05) is 30.3 Å². The van der Waals surface area contributed by atoms with Gasteiger partial charge in [-0.05, 0) is 36.3 Å². The van der Waals surface area contributed by atoms with Crippen molar-refractivity contribution in [1.29, 1.82) is 0 Å². The maximum Gasteiger partial charge on any atom is 0.126 e. The van der Waals surface area contributed by atoms with Gasteiger partial charge in [0.15, 0.2) is 0 Å². The Bertz CT molecular complexity index is 591. The van der Waals surface area contributed by atoms with E-state index in [-0.39, 0.29) is 12.1 Å². The van der Waals surface area contributed by atoms with Gasteiger partial charge in [0.25, 0.3) is 0 Å². The first-order valence-corrected chi connectivity index (χ1v) is 7.24. The minimum atomic E-state index is -0.0777. The SMILES string of the molecule is COc1ccc(C(N)C2CCCCO2)c2ccccc12. The Balaban J connectivity index is 2.02. The molecule has 20 heavy (non-hydrogen) atoms. The molecule has 2 aromatic carbocycles. The third kappa shape index (κ3) is 2.39. The van der Waals surface area contributed by atoms with Crippen molar-refractivity contribution >= 4 is 10.8 Å². The standard InChI is InChI=1S/C17H21NO2/c1-19-15-10-9-14(12-6-2-3-7-13(12)15)17(18)16-8-4-5-11-20-16/h2-3,6-7,9-10,16-17H,4-5,8,11,18H2,1H3. The van der Waals surface area contributed by atoms with E-state index >= 15 is 0 Å². The zero-order valence-corrected chi connectivity index (χ0v) is 11.8. The zero-order chi connectivity index (χ0) is 13.9. The molecule has 0 bridgehead atoms. The first-order chi connectivity index (χ1) is 9.81. The summed E-state index contributed by atoms with van der Waals surface area (Å²) < 4.78 is 11.3. The molecule has 0 radical (unpaired) electrons. The number of rotatable bonds is 3. The lowest BCUT2D eigenvalue weighted by Crippen LogP contribution is -2.32. The minimum Gasteiger partial charge on any atom is -0.496 e. The second kappa shape index (κ2) is 5.81. The van der Waals surface area contributed by atoms with Gasteiger partial charge >= 0.3 is 0 Å². The molecule has 2 N–H and O–H groups in total. The van der Waals surface area contributed by atoms with Crippen molar-refractivity contribution in [3.05, 3.63) is 42.0 Å². The van der Waals surface area contributed by atoms with E-state index in [0.29, 0.717) is 0 Å². The molecule has 3 nitrogen and oxygen atoms in total. The maximum absolute atomic E-state index is 6.46. The van der Waals surface area contributed by atoms with Crippen LogP contribution in [0.3, 0.4) is 0 Å². The Hall–Kier alpha value is -1.58. The van der Waals surface area contributed by atoms with Gasteiger partial charge in [0.05, 0.1) is 19.3 Å². The van der Waals surface area contributed by atoms with Crippen molar-refractivity contribution in [3.8, 4) is 5.75 Å². The molecule has 2 unspecified atom stereocenters. The van der Waals surface area contributed by atoms with E-state index in [1.54, 1.807) is 7.11 Å². The molecule has 3 heteroatoms. The largest absolute Gasteiger partial charge is 0.496 e. The van der Waals surface area contributed by atoms with E-state index in [4.69, 9.17) is 15.2 Å². The first kappa shape index (κ1) is 13.4. The van der Waals surface area contributed by atoms with E-state index in [0.717, 1.165) is 41.5 Å². The van der Waals surface area contributed by atoms with Crippen LogP contribution in [0.1, 0.15) is 30.9 Å². The minimum absolute atomic E-state index is 0.0777. The predicted octanol–water partition coefficient (Wildman–Crippen LogP) is 3.42. The fourth-order valence-electron chi connectivity index (χ4n) is 3.01. The summed E-state index contributed by atoms with van der Waals surface area (Å²) in [6, 6.07) is 12.2.